The van der Waals surface area contributed by atoms with Gasteiger partial charge in [-0.3, -0.25) is 9.78 Å². The highest BCUT2D eigenvalue weighted by Crippen LogP contribution is 2.35. The number of carbonyl (C=O) groups is 1. The van der Waals surface area contributed by atoms with Gasteiger partial charge >= 0.3 is 0 Å². The van der Waals surface area contributed by atoms with Crippen molar-refractivity contribution in [1.82, 2.24) is 29.5 Å². The van der Waals surface area contributed by atoms with Crippen LogP contribution in [-0.2, 0) is 0 Å². The summed E-state index contributed by atoms with van der Waals surface area (Å²) in [6.45, 7) is 9.25. The van der Waals surface area contributed by atoms with Crippen LogP contribution in [-0.4, -0.2) is 61.6 Å². The molecule has 0 unspecified atom stereocenters. The maximum absolute atomic E-state index is 13.9. The Kier molecular flexibility index (Phi) is 4.83. The highest BCUT2D eigenvalue weighted by atomic mass is 16.2. The quantitative estimate of drug-likeness (QED) is 0.474. The Balaban J connectivity index is 1.28. The van der Waals surface area contributed by atoms with E-state index in [0.29, 0.717) is 28.8 Å². The van der Waals surface area contributed by atoms with Crippen LogP contribution in [0.2, 0.25) is 0 Å². The summed E-state index contributed by atoms with van der Waals surface area (Å²) >= 11 is 0. The second-order valence-corrected chi connectivity index (χ2v) is 9.56. The molecule has 34 heavy (non-hydrogen) atoms. The molecule has 2 aliphatic heterocycles. The Morgan fingerprint density at radius 2 is 1.68 bits per heavy atom. The van der Waals surface area contributed by atoms with E-state index >= 15 is 0 Å². The molecular weight excluding hydrogens is 426 g/mol. The van der Waals surface area contributed by atoms with Crippen LogP contribution in [0, 0.1) is 32.6 Å². The summed E-state index contributed by atoms with van der Waals surface area (Å²) in [5, 5.41) is 4.76. The summed E-state index contributed by atoms with van der Waals surface area (Å²) in [6, 6.07) is 11.7. The maximum Gasteiger partial charge on any atom is 0.258 e. The van der Waals surface area contributed by atoms with Crippen LogP contribution in [0.5, 0.6) is 0 Å². The van der Waals surface area contributed by atoms with Gasteiger partial charge in [0.2, 0.25) is 5.95 Å². The molecule has 0 saturated carbocycles. The van der Waals surface area contributed by atoms with Crippen molar-refractivity contribution in [3.63, 3.8) is 0 Å². The van der Waals surface area contributed by atoms with E-state index < -0.39 is 0 Å². The number of rotatable bonds is 3. The Hall–Kier alpha value is -3.81. The van der Waals surface area contributed by atoms with Crippen molar-refractivity contribution < 1.29 is 4.79 Å². The molecule has 0 bridgehead atoms. The first-order chi connectivity index (χ1) is 16.5. The van der Waals surface area contributed by atoms with Gasteiger partial charge < -0.3 is 9.80 Å². The van der Waals surface area contributed by atoms with Crippen molar-refractivity contribution in [2.24, 2.45) is 11.8 Å². The molecule has 0 N–H and O–H groups in total. The first-order valence-electron chi connectivity index (χ1n) is 11.7. The number of amides is 1. The van der Waals surface area contributed by atoms with Crippen molar-refractivity contribution in [1.29, 1.82) is 0 Å². The topological polar surface area (TPSA) is 79.5 Å². The molecule has 0 spiro atoms. The molecule has 172 valence electrons. The van der Waals surface area contributed by atoms with Gasteiger partial charge in [-0.15, -0.1) is 0 Å². The monoisotopic (exact) mass is 453 g/mol. The maximum atomic E-state index is 13.9. The Bertz CT molecular complexity index is 1360. The third kappa shape index (κ3) is 3.50. The summed E-state index contributed by atoms with van der Waals surface area (Å²) in [7, 11) is 0. The Morgan fingerprint density at radius 1 is 0.941 bits per heavy atom. The minimum absolute atomic E-state index is 0.0307. The number of anilines is 1. The standard InChI is InChI=1S/C26H27N7O/c1-16-7-8-22-23(24(30-33(22)11-16)21-6-4-5-9-27-21)25(34)31-12-19-14-32(15-20(19)13-31)26-28-17(2)10-18(3)29-26/h4-11,19-20H,12-15H2,1-3H3/t19-,20+. The molecule has 2 fully saturated rings. The number of aromatic nitrogens is 5. The molecule has 4 aromatic heterocycles. The molecule has 4 aromatic rings. The SMILES string of the molecule is Cc1ccc2c(C(=O)N3C[C@@H]4CN(c5nc(C)cc(C)n5)C[C@@H]4C3)c(-c3ccccn3)nn2c1. The Morgan fingerprint density at radius 3 is 2.35 bits per heavy atom. The lowest BCUT2D eigenvalue weighted by molar-refractivity contribution is 0.0785. The number of fused-ring (bicyclic) bond motifs is 2. The Labute approximate surface area is 198 Å². The van der Waals surface area contributed by atoms with Crippen LogP contribution in [0.1, 0.15) is 27.3 Å². The number of likely N-dealkylation sites (tertiary alicyclic amines) is 1. The number of aryl methyl sites for hydroxylation is 3. The zero-order chi connectivity index (χ0) is 23.4. The largest absolute Gasteiger partial charge is 0.340 e. The minimum Gasteiger partial charge on any atom is -0.340 e. The normalized spacial score (nSPS) is 19.7. The molecule has 0 aromatic carbocycles. The van der Waals surface area contributed by atoms with Gasteiger partial charge in [0, 0.05) is 61.8 Å². The lowest BCUT2D eigenvalue weighted by atomic mass is 10.0. The average Bonchev–Trinajstić information content (AvgIpc) is 3.49. The summed E-state index contributed by atoms with van der Waals surface area (Å²) in [4.78, 5) is 31.9. The molecule has 8 nitrogen and oxygen atoms in total. The number of nitrogens with zero attached hydrogens (tertiary/aromatic N) is 7. The summed E-state index contributed by atoms with van der Waals surface area (Å²) in [5.74, 6) is 1.66. The molecule has 2 saturated heterocycles. The van der Waals surface area contributed by atoms with E-state index in [9.17, 15) is 4.79 Å². The second-order valence-electron chi connectivity index (χ2n) is 9.56. The number of carbonyl (C=O) groups excluding carboxylic acids is 1. The average molecular weight is 454 g/mol. The van der Waals surface area contributed by atoms with Gasteiger partial charge in [-0.05, 0) is 50.6 Å². The molecular formula is C26H27N7O. The van der Waals surface area contributed by atoms with E-state index in [1.165, 1.54) is 0 Å². The number of hydrogen-bond acceptors (Lipinski definition) is 6. The molecule has 2 aliphatic rings. The highest BCUT2D eigenvalue weighted by molar-refractivity contribution is 6.06. The zero-order valence-corrected chi connectivity index (χ0v) is 19.6. The zero-order valence-electron chi connectivity index (χ0n) is 19.6. The fraction of sp³-hybridized carbons (Fsp3) is 0.346. The lowest BCUT2D eigenvalue weighted by Crippen LogP contribution is -2.34. The fourth-order valence-corrected chi connectivity index (χ4v) is 5.37. The van der Waals surface area contributed by atoms with E-state index in [1.807, 2.05) is 72.8 Å². The summed E-state index contributed by atoms with van der Waals surface area (Å²) < 4.78 is 1.81. The summed E-state index contributed by atoms with van der Waals surface area (Å²) in [6.07, 6.45) is 3.70. The number of hydrogen-bond donors (Lipinski definition) is 0. The van der Waals surface area contributed by atoms with Crippen molar-refractivity contribution in [2.75, 3.05) is 31.1 Å². The number of pyridine rings is 2. The molecule has 6 rings (SSSR count). The van der Waals surface area contributed by atoms with E-state index in [1.54, 1.807) is 6.20 Å². The van der Waals surface area contributed by atoms with Crippen molar-refractivity contribution in [3.05, 3.63) is 71.3 Å². The fourth-order valence-electron chi connectivity index (χ4n) is 5.37. The van der Waals surface area contributed by atoms with Crippen molar-refractivity contribution in [2.45, 2.75) is 20.8 Å². The van der Waals surface area contributed by atoms with Crippen molar-refractivity contribution >= 4 is 17.4 Å². The highest BCUT2D eigenvalue weighted by Gasteiger charge is 2.43. The minimum atomic E-state index is 0.0307. The molecule has 2 atom stereocenters. The first kappa shape index (κ1) is 20.8. The third-order valence-electron chi connectivity index (χ3n) is 6.93. The van der Waals surface area contributed by atoms with Crippen LogP contribution in [0.15, 0.2) is 48.8 Å². The molecule has 0 aliphatic carbocycles. The smallest absolute Gasteiger partial charge is 0.258 e. The van der Waals surface area contributed by atoms with E-state index in [4.69, 9.17) is 5.10 Å². The van der Waals surface area contributed by atoms with Crippen LogP contribution in [0.25, 0.3) is 16.9 Å². The van der Waals surface area contributed by atoms with Gasteiger partial charge in [0.1, 0.15) is 5.69 Å². The third-order valence-corrected chi connectivity index (χ3v) is 6.93. The van der Waals surface area contributed by atoms with Crippen LogP contribution >= 0.6 is 0 Å². The van der Waals surface area contributed by atoms with E-state index in [0.717, 1.165) is 54.6 Å². The van der Waals surface area contributed by atoms with Crippen LogP contribution in [0.3, 0.4) is 0 Å². The molecule has 6 heterocycles. The predicted octanol–water partition coefficient (Wildman–Crippen LogP) is 3.32. The van der Waals surface area contributed by atoms with E-state index in [-0.39, 0.29) is 5.91 Å². The molecule has 0 radical (unpaired) electrons. The van der Waals surface area contributed by atoms with Gasteiger partial charge in [0.15, 0.2) is 0 Å². The van der Waals surface area contributed by atoms with Gasteiger partial charge in [0.25, 0.3) is 5.91 Å². The van der Waals surface area contributed by atoms with Crippen LogP contribution < -0.4 is 4.90 Å². The molecule has 1 amide bonds. The van der Waals surface area contributed by atoms with Crippen molar-refractivity contribution in [3.8, 4) is 11.4 Å². The van der Waals surface area contributed by atoms with Crippen LogP contribution in [0.4, 0.5) is 5.95 Å². The lowest BCUT2D eigenvalue weighted by Gasteiger charge is -2.22. The summed E-state index contributed by atoms with van der Waals surface area (Å²) in [5.41, 5.74) is 5.87. The van der Waals surface area contributed by atoms with Gasteiger partial charge in [-0.2, -0.15) is 5.10 Å². The van der Waals surface area contributed by atoms with E-state index in [2.05, 4.69) is 19.9 Å². The van der Waals surface area contributed by atoms with Gasteiger partial charge in [-0.1, -0.05) is 12.1 Å². The van der Waals surface area contributed by atoms with Gasteiger partial charge in [-0.25, -0.2) is 14.5 Å². The van der Waals surface area contributed by atoms with Gasteiger partial charge in [0.05, 0.1) is 16.8 Å². The second kappa shape index (κ2) is 7.90. The predicted molar refractivity (Wildman–Crippen MR) is 130 cm³/mol. The molecule has 8 heteroatoms. The first-order valence-corrected chi connectivity index (χ1v) is 11.7.